The lowest BCUT2D eigenvalue weighted by Gasteiger charge is -2.40. The van der Waals surface area contributed by atoms with Gasteiger partial charge in [-0.2, -0.15) is 0 Å². The van der Waals surface area contributed by atoms with E-state index in [1.807, 2.05) is 0 Å². The maximum atomic E-state index is 12.9. The van der Waals surface area contributed by atoms with Crippen molar-refractivity contribution in [2.45, 2.75) is 43.7 Å². The number of nitrogens with one attached hydrogen (secondary N) is 9. The standard InChI is InChI=1S/C22H44N12O3/c1-18(35)32-21-12-24-8-10-26-14-22(17-31-30-16-21,15-27-11-9-25-13-21)33-20(37)5-2-4-19(36)28-6-3-7-29-34-23/h24-27,30-31H,2-17H2,1H3,(H,28,36)(H,32,35)(H,33,37). The van der Waals surface area contributed by atoms with E-state index in [2.05, 4.69) is 58.1 Å². The molecule has 37 heavy (non-hydrogen) atoms. The maximum Gasteiger partial charge on any atom is 0.220 e. The Morgan fingerprint density at radius 2 is 1.30 bits per heavy atom. The zero-order valence-electron chi connectivity index (χ0n) is 21.9. The Morgan fingerprint density at radius 1 is 0.784 bits per heavy atom. The highest BCUT2D eigenvalue weighted by Crippen LogP contribution is 2.07. The molecule has 0 aromatic heterocycles. The molecule has 9 N–H and O–H groups in total. The molecular formula is C22H44N12O3. The van der Waals surface area contributed by atoms with Gasteiger partial charge in [0.1, 0.15) is 0 Å². The average molecular weight is 525 g/mol. The minimum absolute atomic E-state index is 0.0933. The third kappa shape index (κ3) is 12.5. The molecular weight excluding hydrogens is 480 g/mol. The van der Waals surface area contributed by atoms with Crippen LogP contribution in [0.25, 0.3) is 10.4 Å². The second kappa shape index (κ2) is 17.1. The maximum absolute atomic E-state index is 12.9. The second-order valence-electron chi connectivity index (χ2n) is 9.72. The van der Waals surface area contributed by atoms with Crippen LogP contribution in [-0.4, -0.2) is 107 Å². The molecule has 15 nitrogen and oxygen atoms in total. The number of carbonyl (C=O) groups is 3. The van der Waals surface area contributed by atoms with Gasteiger partial charge in [0.05, 0.1) is 11.1 Å². The second-order valence-corrected chi connectivity index (χ2v) is 9.72. The molecule has 2 saturated heterocycles. The lowest BCUT2D eigenvalue weighted by molar-refractivity contribution is -0.124. The van der Waals surface area contributed by atoms with E-state index in [-0.39, 0.29) is 30.6 Å². The van der Waals surface area contributed by atoms with Crippen molar-refractivity contribution in [3.05, 3.63) is 10.4 Å². The molecule has 2 rings (SSSR count). The summed E-state index contributed by atoms with van der Waals surface area (Å²) in [4.78, 5) is 39.5. The molecule has 0 atom stereocenters. The molecule has 2 aliphatic rings. The topological polar surface area (TPSA) is 208 Å². The molecule has 2 aliphatic heterocycles. The first-order valence-electron chi connectivity index (χ1n) is 13.0. The third-order valence-electron chi connectivity index (χ3n) is 6.26. The van der Waals surface area contributed by atoms with Crippen LogP contribution in [-0.2, 0) is 14.4 Å². The summed E-state index contributed by atoms with van der Waals surface area (Å²) >= 11 is 0. The molecule has 15 heteroatoms. The molecule has 0 aromatic rings. The van der Waals surface area contributed by atoms with Crippen molar-refractivity contribution in [1.82, 2.24) is 48.1 Å². The highest BCUT2D eigenvalue weighted by Gasteiger charge is 2.34. The Morgan fingerprint density at radius 3 is 1.81 bits per heavy atom. The molecule has 0 radical (unpaired) electrons. The summed E-state index contributed by atoms with van der Waals surface area (Å²) in [5.41, 5.74) is 13.7. The summed E-state index contributed by atoms with van der Waals surface area (Å²) in [6.07, 6.45) is 1.50. The number of carbonyl (C=O) groups excluding carboxylic acids is 3. The first-order valence-corrected chi connectivity index (χ1v) is 13.0. The Labute approximate surface area is 218 Å². The van der Waals surface area contributed by atoms with Crippen molar-refractivity contribution in [1.29, 1.82) is 0 Å². The fourth-order valence-electron chi connectivity index (χ4n) is 4.42. The van der Waals surface area contributed by atoms with E-state index >= 15 is 0 Å². The van der Waals surface area contributed by atoms with Gasteiger partial charge >= 0.3 is 0 Å². The van der Waals surface area contributed by atoms with Gasteiger partial charge in [0.15, 0.2) is 0 Å². The van der Waals surface area contributed by atoms with Crippen LogP contribution in [0.2, 0.25) is 0 Å². The van der Waals surface area contributed by atoms with Gasteiger partial charge in [-0.15, -0.1) is 0 Å². The van der Waals surface area contributed by atoms with E-state index < -0.39 is 11.1 Å². The molecule has 0 aliphatic carbocycles. The van der Waals surface area contributed by atoms with Crippen molar-refractivity contribution in [2.24, 2.45) is 5.11 Å². The van der Waals surface area contributed by atoms with Gasteiger partial charge in [0, 0.05) is 103 Å². The normalized spacial score (nSPS) is 25.4. The van der Waals surface area contributed by atoms with Crippen molar-refractivity contribution in [3.8, 4) is 0 Å². The third-order valence-corrected chi connectivity index (χ3v) is 6.26. The average Bonchev–Trinajstić information content (AvgIpc) is 2.84. The van der Waals surface area contributed by atoms with Gasteiger partial charge < -0.3 is 37.2 Å². The van der Waals surface area contributed by atoms with E-state index in [9.17, 15) is 14.4 Å². The fourth-order valence-corrected chi connectivity index (χ4v) is 4.42. The summed E-state index contributed by atoms with van der Waals surface area (Å²) in [7, 11) is 0. The fraction of sp³-hybridized carbons (Fsp3) is 0.864. The van der Waals surface area contributed by atoms with Crippen molar-refractivity contribution >= 4 is 17.7 Å². The first kappa shape index (κ1) is 30.7. The Kier molecular flexibility index (Phi) is 14.2. The van der Waals surface area contributed by atoms with E-state index in [0.717, 1.165) is 0 Å². The van der Waals surface area contributed by atoms with E-state index in [0.29, 0.717) is 91.4 Å². The summed E-state index contributed by atoms with van der Waals surface area (Å²) in [6, 6.07) is 0. The van der Waals surface area contributed by atoms with Crippen molar-refractivity contribution in [2.75, 3.05) is 78.5 Å². The van der Waals surface area contributed by atoms with Gasteiger partial charge in [-0.1, -0.05) is 5.11 Å². The minimum atomic E-state index is -0.608. The summed E-state index contributed by atoms with van der Waals surface area (Å²) in [5.74, 6) is -0.338. The predicted octanol–water partition coefficient (Wildman–Crippen LogP) is -2.82. The number of hydrogen-bond acceptors (Lipinski definition) is 10. The minimum Gasteiger partial charge on any atom is -0.356 e. The van der Waals surface area contributed by atoms with Crippen LogP contribution in [0.1, 0.15) is 32.6 Å². The molecule has 0 aromatic carbocycles. The molecule has 0 spiro atoms. The lowest BCUT2D eigenvalue weighted by Crippen LogP contribution is -2.70. The quantitative estimate of drug-likeness (QED) is 0.0624. The van der Waals surface area contributed by atoms with Crippen LogP contribution in [0.3, 0.4) is 0 Å². The van der Waals surface area contributed by atoms with E-state index in [4.69, 9.17) is 5.53 Å². The molecule has 0 saturated carbocycles. The largest absolute Gasteiger partial charge is 0.356 e. The Bertz CT molecular complexity index is 758. The van der Waals surface area contributed by atoms with E-state index in [1.165, 1.54) is 6.92 Å². The zero-order chi connectivity index (χ0) is 26.8. The number of hydrazine groups is 1. The molecule has 0 unspecified atom stereocenters. The Hall–Kier alpha value is -2.52. The monoisotopic (exact) mass is 524 g/mol. The van der Waals surface area contributed by atoms with Gasteiger partial charge in [0.25, 0.3) is 0 Å². The highest BCUT2D eigenvalue weighted by atomic mass is 16.2. The molecule has 2 bridgehead atoms. The molecule has 2 heterocycles. The number of fused-ring (bicyclic) bond motifs is 5. The van der Waals surface area contributed by atoms with Gasteiger partial charge in [-0.3, -0.25) is 25.2 Å². The number of hydrogen-bond donors (Lipinski definition) is 9. The Balaban J connectivity index is 1.95. The predicted molar refractivity (Wildman–Crippen MR) is 140 cm³/mol. The van der Waals surface area contributed by atoms with E-state index in [1.54, 1.807) is 0 Å². The van der Waals surface area contributed by atoms with Crippen LogP contribution in [0.4, 0.5) is 0 Å². The summed E-state index contributed by atoms with van der Waals surface area (Å²) < 4.78 is 0. The molecule has 210 valence electrons. The number of nitrogens with zero attached hydrogens (tertiary/aromatic N) is 3. The van der Waals surface area contributed by atoms with Crippen molar-refractivity contribution < 1.29 is 14.4 Å². The SMILES string of the molecule is CC(=O)NC12CNCCNCC(NC(=O)CCCC(=O)NCCCN=[N+]=[N-])(CNCCNC1)CNNC2. The summed E-state index contributed by atoms with van der Waals surface area (Å²) in [5, 5.41) is 26.2. The lowest BCUT2D eigenvalue weighted by atomic mass is 9.96. The number of rotatable bonds is 10. The van der Waals surface area contributed by atoms with Crippen LogP contribution in [0, 0.1) is 0 Å². The van der Waals surface area contributed by atoms with Crippen LogP contribution < -0.4 is 48.1 Å². The summed E-state index contributed by atoms with van der Waals surface area (Å²) in [6.45, 7) is 8.40. The van der Waals surface area contributed by atoms with Crippen LogP contribution in [0.15, 0.2) is 5.11 Å². The van der Waals surface area contributed by atoms with Crippen LogP contribution >= 0.6 is 0 Å². The van der Waals surface area contributed by atoms with Gasteiger partial charge in [-0.25, -0.2) is 0 Å². The highest BCUT2D eigenvalue weighted by molar-refractivity contribution is 5.79. The zero-order valence-corrected chi connectivity index (χ0v) is 21.9. The number of amides is 3. The number of azide groups is 1. The molecule has 3 amide bonds. The van der Waals surface area contributed by atoms with Crippen LogP contribution in [0.5, 0.6) is 0 Å². The molecule has 2 fully saturated rings. The van der Waals surface area contributed by atoms with Crippen molar-refractivity contribution in [3.63, 3.8) is 0 Å². The first-order chi connectivity index (χ1) is 17.9. The van der Waals surface area contributed by atoms with Gasteiger partial charge in [-0.05, 0) is 18.4 Å². The smallest absolute Gasteiger partial charge is 0.220 e. The van der Waals surface area contributed by atoms with Gasteiger partial charge in [0.2, 0.25) is 17.7 Å².